The highest BCUT2D eigenvalue weighted by atomic mass is 16.4. The van der Waals surface area contributed by atoms with E-state index in [0.717, 1.165) is 12.8 Å². The number of nitrogens with zero attached hydrogens (tertiary/aromatic N) is 1. The third kappa shape index (κ3) is 2.45. The van der Waals surface area contributed by atoms with Gasteiger partial charge in [-0.3, -0.25) is 9.59 Å². The van der Waals surface area contributed by atoms with E-state index < -0.39 is 11.9 Å². The van der Waals surface area contributed by atoms with Gasteiger partial charge in [0.25, 0.3) is 0 Å². The molecule has 0 radical (unpaired) electrons. The molecule has 2 aliphatic carbocycles. The lowest BCUT2D eigenvalue weighted by Crippen LogP contribution is -2.44. The second kappa shape index (κ2) is 4.31. The SMILES string of the molecule is CC(C)C(C)N(C(=O)C1CC1C(=O)O)C1CC1. The second-order valence-electron chi connectivity index (χ2n) is 5.75. The third-order valence-corrected chi connectivity index (χ3v) is 4.02. The Hall–Kier alpha value is -1.06. The second-order valence-corrected chi connectivity index (χ2v) is 5.75. The first-order valence-corrected chi connectivity index (χ1v) is 6.48. The highest BCUT2D eigenvalue weighted by Gasteiger charge is 2.52. The summed E-state index contributed by atoms with van der Waals surface area (Å²) in [5.41, 5.74) is 0. The highest BCUT2D eigenvalue weighted by Crippen LogP contribution is 2.43. The van der Waals surface area contributed by atoms with Crippen molar-refractivity contribution in [2.45, 2.75) is 52.1 Å². The zero-order valence-electron chi connectivity index (χ0n) is 10.7. The van der Waals surface area contributed by atoms with E-state index in [0.29, 0.717) is 18.4 Å². The van der Waals surface area contributed by atoms with Crippen molar-refractivity contribution in [3.63, 3.8) is 0 Å². The van der Waals surface area contributed by atoms with Crippen LogP contribution >= 0.6 is 0 Å². The number of carboxylic acids is 1. The molecule has 0 aromatic rings. The van der Waals surface area contributed by atoms with Crippen LogP contribution in [0.1, 0.15) is 40.0 Å². The van der Waals surface area contributed by atoms with Gasteiger partial charge in [0, 0.05) is 12.1 Å². The molecule has 17 heavy (non-hydrogen) atoms. The van der Waals surface area contributed by atoms with Crippen molar-refractivity contribution >= 4 is 11.9 Å². The van der Waals surface area contributed by atoms with Gasteiger partial charge >= 0.3 is 5.97 Å². The zero-order chi connectivity index (χ0) is 12.7. The zero-order valence-corrected chi connectivity index (χ0v) is 10.7. The Kier molecular flexibility index (Phi) is 3.15. The van der Waals surface area contributed by atoms with Crippen LogP contribution in [0.4, 0.5) is 0 Å². The molecule has 96 valence electrons. The molecule has 2 fully saturated rings. The lowest BCUT2D eigenvalue weighted by molar-refractivity contribution is -0.143. The number of amides is 1. The fraction of sp³-hybridized carbons (Fsp3) is 0.846. The predicted molar refractivity (Wildman–Crippen MR) is 63.4 cm³/mol. The lowest BCUT2D eigenvalue weighted by Gasteiger charge is -2.32. The average Bonchev–Trinajstić information content (AvgIpc) is 3.11. The average molecular weight is 239 g/mol. The topological polar surface area (TPSA) is 57.6 Å². The summed E-state index contributed by atoms with van der Waals surface area (Å²) in [6.45, 7) is 6.28. The molecule has 0 bridgehead atoms. The summed E-state index contributed by atoms with van der Waals surface area (Å²) in [5.74, 6) is -1.02. The van der Waals surface area contributed by atoms with Gasteiger partial charge in [-0.25, -0.2) is 0 Å². The fourth-order valence-electron chi connectivity index (χ4n) is 2.32. The van der Waals surface area contributed by atoms with E-state index in [1.165, 1.54) is 0 Å². The molecule has 0 heterocycles. The Bertz CT molecular complexity index is 336. The number of hydrogen-bond donors (Lipinski definition) is 1. The van der Waals surface area contributed by atoms with Gasteiger partial charge in [0.15, 0.2) is 0 Å². The molecule has 1 amide bonds. The number of rotatable bonds is 5. The van der Waals surface area contributed by atoms with E-state index in [-0.39, 0.29) is 17.9 Å². The van der Waals surface area contributed by atoms with Crippen LogP contribution in [0.15, 0.2) is 0 Å². The van der Waals surface area contributed by atoms with Crippen molar-refractivity contribution < 1.29 is 14.7 Å². The molecule has 2 aliphatic rings. The number of carbonyl (C=O) groups excluding carboxylic acids is 1. The van der Waals surface area contributed by atoms with E-state index in [2.05, 4.69) is 20.8 Å². The van der Waals surface area contributed by atoms with Crippen LogP contribution in [0.25, 0.3) is 0 Å². The van der Waals surface area contributed by atoms with Gasteiger partial charge < -0.3 is 10.0 Å². The molecule has 4 heteroatoms. The maximum absolute atomic E-state index is 12.3. The van der Waals surface area contributed by atoms with Crippen molar-refractivity contribution in [2.75, 3.05) is 0 Å². The monoisotopic (exact) mass is 239 g/mol. The molecule has 0 aliphatic heterocycles. The van der Waals surface area contributed by atoms with Crippen molar-refractivity contribution in [2.24, 2.45) is 17.8 Å². The quantitative estimate of drug-likeness (QED) is 0.795. The Morgan fingerprint density at radius 3 is 2.12 bits per heavy atom. The Labute approximate surface area is 102 Å². The first-order valence-electron chi connectivity index (χ1n) is 6.48. The summed E-state index contributed by atoms with van der Waals surface area (Å²) < 4.78 is 0. The minimum Gasteiger partial charge on any atom is -0.481 e. The van der Waals surface area contributed by atoms with Crippen LogP contribution in [-0.2, 0) is 9.59 Å². The van der Waals surface area contributed by atoms with Crippen LogP contribution in [0, 0.1) is 17.8 Å². The predicted octanol–water partition coefficient (Wildman–Crippen LogP) is 1.74. The number of carbonyl (C=O) groups is 2. The number of aliphatic carboxylic acids is 1. The van der Waals surface area contributed by atoms with Gasteiger partial charge in [-0.1, -0.05) is 13.8 Å². The summed E-state index contributed by atoms with van der Waals surface area (Å²) in [5, 5.41) is 8.89. The Morgan fingerprint density at radius 2 is 1.76 bits per heavy atom. The summed E-state index contributed by atoms with van der Waals surface area (Å²) >= 11 is 0. The van der Waals surface area contributed by atoms with E-state index >= 15 is 0 Å². The molecule has 1 N–H and O–H groups in total. The van der Waals surface area contributed by atoms with E-state index in [9.17, 15) is 9.59 Å². The largest absolute Gasteiger partial charge is 0.481 e. The standard InChI is InChI=1S/C13H21NO3/c1-7(2)8(3)14(9-4-5-9)12(15)10-6-11(10)13(16)17/h7-11H,4-6H2,1-3H3,(H,16,17). The molecule has 3 atom stereocenters. The van der Waals surface area contributed by atoms with Gasteiger partial charge in [0.1, 0.15) is 0 Å². The van der Waals surface area contributed by atoms with Gasteiger partial charge in [0.2, 0.25) is 5.91 Å². The maximum atomic E-state index is 12.3. The van der Waals surface area contributed by atoms with Gasteiger partial charge in [0.05, 0.1) is 11.8 Å². The van der Waals surface area contributed by atoms with Gasteiger partial charge in [-0.15, -0.1) is 0 Å². The van der Waals surface area contributed by atoms with Crippen LogP contribution in [-0.4, -0.2) is 34.0 Å². The first kappa shape index (κ1) is 12.4. The minimum atomic E-state index is -0.823. The fourth-order valence-corrected chi connectivity index (χ4v) is 2.32. The summed E-state index contributed by atoms with van der Waals surface area (Å²) in [7, 11) is 0. The summed E-state index contributed by atoms with van der Waals surface area (Å²) in [6.07, 6.45) is 2.68. The van der Waals surface area contributed by atoms with Crippen molar-refractivity contribution in [3.05, 3.63) is 0 Å². The van der Waals surface area contributed by atoms with Crippen molar-refractivity contribution in [1.29, 1.82) is 0 Å². The number of carboxylic acid groups (broad SMARTS) is 1. The van der Waals surface area contributed by atoms with Crippen molar-refractivity contribution in [3.8, 4) is 0 Å². The molecular weight excluding hydrogens is 218 g/mol. The number of hydrogen-bond acceptors (Lipinski definition) is 2. The van der Waals surface area contributed by atoms with Crippen LogP contribution < -0.4 is 0 Å². The van der Waals surface area contributed by atoms with Crippen LogP contribution in [0.5, 0.6) is 0 Å². The summed E-state index contributed by atoms with van der Waals surface area (Å²) in [6, 6.07) is 0.583. The Morgan fingerprint density at radius 1 is 1.18 bits per heavy atom. The van der Waals surface area contributed by atoms with Crippen LogP contribution in [0.2, 0.25) is 0 Å². The molecule has 0 spiro atoms. The van der Waals surface area contributed by atoms with Gasteiger partial charge in [-0.2, -0.15) is 0 Å². The van der Waals surface area contributed by atoms with E-state index in [1.54, 1.807) is 0 Å². The summed E-state index contributed by atoms with van der Waals surface area (Å²) in [4.78, 5) is 25.1. The Balaban J connectivity index is 2.02. The van der Waals surface area contributed by atoms with Gasteiger partial charge in [-0.05, 0) is 32.1 Å². The van der Waals surface area contributed by atoms with E-state index in [4.69, 9.17) is 5.11 Å². The third-order valence-electron chi connectivity index (χ3n) is 4.02. The molecule has 2 rings (SSSR count). The van der Waals surface area contributed by atoms with E-state index in [1.807, 2.05) is 4.90 Å². The normalized spacial score (nSPS) is 28.9. The van der Waals surface area contributed by atoms with Crippen molar-refractivity contribution in [1.82, 2.24) is 4.90 Å². The molecule has 2 saturated carbocycles. The molecule has 4 nitrogen and oxygen atoms in total. The smallest absolute Gasteiger partial charge is 0.307 e. The molecular formula is C13H21NO3. The minimum absolute atomic E-state index is 0.0705. The molecule has 0 aromatic carbocycles. The molecule has 3 unspecified atom stereocenters. The maximum Gasteiger partial charge on any atom is 0.307 e. The van der Waals surface area contributed by atoms with Crippen LogP contribution in [0.3, 0.4) is 0 Å². The highest BCUT2D eigenvalue weighted by molar-refractivity contribution is 5.90. The first-order chi connectivity index (χ1) is 7.93. The molecule has 0 saturated heterocycles. The molecule has 0 aromatic heterocycles. The lowest BCUT2D eigenvalue weighted by atomic mass is 10.0.